The van der Waals surface area contributed by atoms with Crippen molar-refractivity contribution in [3.63, 3.8) is 0 Å². The molecule has 4 rings (SSSR count). The number of hydrogen-bond donors (Lipinski definition) is 1. The zero-order valence-corrected chi connectivity index (χ0v) is 12.6. The number of anilines is 1. The first-order chi connectivity index (χ1) is 10.2. The maximum absolute atomic E-state index is 6.14. The molecule has 0 amide bonds. The smallest absolute Gasteiger partial charge is 0.205 e. The first-order valence-electron chi connectivity index (χ1n) is 6.50. The quantitative estimate of drug-likeness (QED) is 0.572. The van der Waals surface area contributed by atoms with Crippen molar-refractivity contribution in [2.75, 3.05) is 5.73 Å². The molecule has 5 heteroatoms. The fourth-order valence-electron chi connectivity index (χ4n) is 2.62. The minimum Gasteiger partial charge on any atom is -0.369 e. The van der Waals surface area contributed by atoms with Crippen LogP contribution < -0.4 is 5.73 Å². The summed E-state index contributed by atoms with van der Waals surface area (Å²) in [5.41, 5.74) is 8.97. The lowest BCUT2D eigenvalue weighted by Gasteiger charge is -2.10. The van der Waals surface area contributed by atoms with Gasteiger partial charge >= 0.3 is 0 Å². The number of aromatic nitrogens is 3. The van der Waals surface area contributed by atoms with Crippen LogP contribution in [0.5, 0.6) is 0 Å². The highest BCUT2D eigenvalue weighted by Crippen LogP contribution is 2.29. The van der Waals surface area contributed by atoms with Crippen molar-refractivity contribution in [2.45, 2.75) is 0 Å². The molecule has 0 unspecified atom stereocenters. The predicted octanol–water partition coefficient (Wildman–Crippen LogP) is 3.92. The van der Waals surface area contributed by atoms with Gasteiger partial charge in [-0.15, -0.1) is 0 Å². The van der Waals surface area contributed by atoms with Crippen LogP contribution >= 0.6 is 15.9 Å². The van der Waals surface area contributed by atoms with E-state index in [1.807, 2.05) is 47.2 Å². The van der Waals surface area contributed by atoms with Crippen LogP contribution in [-0.4, -0.2) is 14.5 Å². The summed E-state index contributed by atoms with van der Waals surface area (Å²) >= 11 is 3.46. The number of nitrogens with two attached hydrogens (primary N) is 1. The molecule has 21 heavy (non-hydrogen) atoms. The number of rotatable bonds is 1. The van der Waals surface area contributed by atoms with Gasteiger partial charge in [0.15, 0.2) is 0 Å². The molecule has 2 heterocycles. The van der Waals surface area contributed by atoms with E-state index < -0.39 is 0 Å². The van der Waals surface area contributed by atoms with E-state index in [0.29, 0.717) is 5.95 Å². The third-order valence-corrected chi connectivity index (χ3v) is 4.04. The molecule has 0 saturated heterocycles. The Kier molecular flexibility index (Phi) is 2.68. The maximum Gasteiger partial charge on any atom is 0.205 e. The molecule has 0 radical (unpaired) electrons. The van der Waals surface area contributed by atoms with Crippen LogP contribution in [0.15, 0.2) is 59.3 Å². The Bertz CT molecular complexity index is 969. The molecule has 0 aliphatic carbocycles. The van der Waals surface area contributed by atoms with Crippen LogP contribution in [0, 0.1) is 0 Å². The number of imidazole rings is 1. The Balaban J connectivity index is 2.11. The third kappa shape index (κ3) is 1.89. The second-order valence-corrected chi connectivity index (χ2v) is 5.73. The molecule has 4 nitrogen and oxygen atoms in total. The lowest BCUT2D eigenvalue weighted by atomic mass is 10.1. The van der Waals surface area contributed by atoms with Gasteiger partial charge in [0.05, 0.1) is 16.7 Å². The molecule has 0 aliphatic heterocycles. The minimum atomic E-state index is 0.472. The summed E-state index contributed by atoms with van der Waals surface area (Å²) in [7, 11) is 0. The fraction of sp³-hybridized carbons (Fsp3) is 0. The van der Waals surface area contributed by atoms with E-state index in [2.05, 4.69) is 32.0 Å². The van der Waals surface area contributed by atoms with Crippen LogP contribution in [0.3, 0.4) is 0 Å². The highest BCUT2D eigenvalue weighted by atomic mass is 79.9. The van der Waals surface area contributed by atoms with E-state index in [-0.39, 0.29) is 0 Å². The monoisotopic (exact) mass is 338 g/mol. The Morgan fingerprint density at radius 3 is 2.90 bits per heavy atom. The van der Waals surface area contributed by atoms with Crippen LogP contribution in [0.2, 0.25) is 0 Å². The van der Waals surface area contributed by atoms with Gasteiger partial charge in [-0.2, -0.15) is 0 Å². The molecule has 102 valence electrons. The van der Waals surface area contributed by atoms with E-state index in [4.69, 9.17) is 5.73 Å². The van der Waals surface area contributed by atoms with Crippen LogP contribution in [0.4, 0.5) is 5.95 Å². The average molecular weight is 339 g/mol. The lowest BCUT2D eigenvalue weighted by Crippen LogP contribution is -2.01. The molecule has 0 atom stereocenters. The largest absolute Gasteiger partial charge is 0.369 e. The Hall–Kier alpha value is -2.40. The standard InChI is InChI=1S/C16H11BrN4/c17-11-4-5-15-13(8-11)20-16(18)21(15)14-3-1-2-10-6-7-19-9-12(10)14/h1-9H,(H2,18,20). The number of hydrogen-bond acceptors (Lipinski definition) is 3. The van der Waals surface area contributed by atoms with Crippen molar-refractivity contribution >= 4 is 43.7 Å². The van der Waals surface area contributed by atoms with Crippen LogP contribution in [-0.2, 0) is 0 Å². The minimum absolute atomic E-state index is 0.472. The zero-order chi connectivity index (χ0) is 14.4. The average Bonchev–Trinajstić information content (AvgIpc) is 2.81. The van der Waals surface area contributed by atoms with Crippen LogP contribution in [0.25, 0.3) is 27.5 Å². The topological polar surface area (TPSA) is 56.7 Å². The van der Waals surface area contributed by atoms with Crippen molar-refractivity contribution in [3.8, 4) is 5.69 Å². The summed E-state index contributed by atoms with van der Waals surface area (Å²) in [6.07, 6.45) is 3.65. The van der Waals surface area contributed by atoms with Crippen molar-refractivity contribution in [2.24, 2.45) is 0 Å². The van der Waals surface area contributed by atoms with E-state index >= 15 is 0 Å². The number of benzene rings is 2. The maximum atomic E-state index is 6.14. The van der Waals surface area contributed by atoms with Gasteiger partial charge in [-0.25, -0.2) is 4.98 Å². The molecule has 2 aromatic heterocycles. The number of halogens is 1. The molecule has 0 spiro atoms. The number of pyridine rings is 1. The summed E-state index contributed by atoms with van der Waals surface area (Å²) in [5.74, 6) is 0.472. The number of fused-ring (bicyclic) bond motifs is 2. The van der Waals surface area contributed by atoms with E-state index in [1.54, 1.807) is 6.20 Å². The first-order valence-corrected chi connectivity index (χ1v) is 7.30. The molecular weight excluding hydrogens is 328 g/mol. The van der Waals surface area contributed by atoms with Crippen molar-refractivity contribution in [1.29, 1.82) is 0 Å². The molecule has 4 aromatic rings. The molecular formula is C16H11BrN4. The normalized spacial score (nSPS) is 11.3. The lowest BCUT2D eigenvalue weighted by molar-refractivity contribution is 1.12. The summed E-state index contributed by atoms with van der Waals surface area (Å²) in [5, 5.41) is 2.18. The van der Waals surface area contributed by atoms with Crippen molar-refractivity contribution in [1.82, 2.24) is 14.5 Å². The van der Waals surface area contributed by atoms with E-state index in [9.17, 15) is 0 Å². The second-order valence-electron chi connectivity index (χ2n) is 4.81. The summed E-state index contributed by atoms with van der Waals surface area (Å²) in [6.45, 7) is 0. The predicted molar refractivity (Wildman–Crippen MR) is 88.5 cm³/mol. The Morgan fingerprint density at radius 1 is 1.10 bits per heavy atom. The molecule has 0 aliphatic rings. The SMILES string of the molecule is Nc1nc2cc(Br)ccc2n1-c1cccc2ccncc12. The van der Waals surface area contributed by atoms with Gasteiger partial charge in [0.2, 0.25) is 5.95 Å². The molecule has 0 saturated carbocycles. The second kappa shape index (κ2) is 4.56. The first kappa shape index (κ1) is 12.3. The van der Waals surface area contributed by atoms with Crippen molar-refractivity contribution < 1.29 is 0 Å². The highest BCUT2D eigenvalue weighted by Gasteiger charge is 2.12. The van der Waals surface area contributed by atoms with Gasteiger partial charge in [0.1, 0.15) is 0 Å². The Morgan fingerprint density at radius 2 is 2.00 bits per heavy atom. The highest BCUT2D eigenvalue weighted by molar-refractivity contribution is 9.10. The van der Waals surface area contributed by atoms with Gasteiger partial charge in [0.25, 0.3) is 0 Å². The number of nitrogen functional groups attached to an aromatic ring is 1. The van der Waals surface area contributed by atoms with Gasteiger partial charge in [-0.3, -0.25) is 9.55 Å². The third-order valence-electron chi connectivity index (χ3n) is 3.54. The molecule has 2 N–H and O–H groups in total. The number of nitrogens with zero attached hydrogens (tertiary/aromatic N) is 3. The molecule has 2 aromatic carbocycles. The summed E-state index contributed by atoms with van der Waals surface area (Å²) < 4.78 is 2.95. The summed E-state index contributed by atoms with van der Waals surface area (Å²) in [4.78, 5) is 8.67. The molecule has 0 bridgehead atoms. The molecule has 0 fully saturated rings. The van der Waals surface area contributed by atoms with E-state index in [0.717, 1.165) is 32.0 Å². The fourth-order valence-corrected chi connectivity index (χ4v) is 2.97. The van der Waals surface area contributed by atoms with Gasteiger partial charge < -0.3 is 5.73 Å². The van der Waals surface area contributed by atoms with Gasteiger partial charge in [-0.1, -0.05) is 28.1 Å². The van der Waals surface area contributed by atoms with Gasteiger partial charge in [0, 0.05) is 22.3 Å². The van der Waals surface area contributed by atoms with E-state index in [1.165, 1.54) is 0 Å². The van der Waals surface area contributed by atoms with Crippen molar-refractivity contribution in [3.05, 3.63) is 59.3 Å². The van der Waals surface area contributed by atoms with Gasteiger partial charge in [-0.05, 0) is 35.7 Å². The Labute approximate surface area is 129 Å². The zero-order valence-electron chi connectivity index (χ0n) is 11.0. The summed E-state index contributed by atoms with van der Waals surface area (Å²) in [6, 6.07) is 14.1. The van der Waals surface area contributed by atoms with Crippen LogP contribution in [0.1, 0.15) is 0 Å².